The Balaban J connectivity index is 1.79. The number of hydrogen-bond donors (Lipinski definition) is 1. The fourth-order valence-corrected chi connectivity index (χ4v) is 3.67. The molecule has 1 saturated heterocycles. The van der Waals surface area contributed by atoms with Crippen molar-refractivity contribution in [1.82, 2.24) is 5.16 Å². The highest BCUT2D eigenvalue weighted by atomic mass is 16.5. The Hall–Kier alpha value is -2.82. The lowest BCUT2D eigenvalue weighted by Crippen LogP contribution is -2.50. The number of fused-ring (bicyclic) bond motifs is 1. The van der Waals surface area contributed by atoms with E-state index in [0.29, 0.717) is 19.0 Å². The topological polar surface area (TPSA) is 66.6 Å². The van der Waals surface area contributed by atoms with Gasteiger partial charge in [-0.1, -0.05) is 38.1 Å². The molecule has 27 heavy (non-hydrogen) atoms. The van der Waals surface area contributed by atoms with Crippen LogP contribution in [0.3, 0.4) is 0 Å². The number of rotatable bonds is 5. The van der Waals surface area contributed by atoms with Gasteiger partial charge in [0, 0.05) is 18.8 Å². The second kappa shape index (κ2) is 6.72. The van der Waals surface area contributed by atoms with Crippen LogP contribution in [0.15, 0.2) is 40.9 Å². The van der Waals surface area contributed by atoms with E-state index >= 15 is 0 Å². The Morgan fingerprint density at radius 1 is 1.30 bits per heavy atom. The largest absolute Gasteiger partial charge is 0.481 e. The van der Waals surface area contributed by atoms with Gasteiger partial charge in [0.25, 0.3) is 0 Å². The van der Waals surface area contributed by atoms with Crippen molar-refractivity contribution < 1.29 is 14.4 Å². The Bertz CT molecular complexity index is 1000. The first kappa shape index (κ1) is 17.6. The number of anilines is 1. The monoisotopic (exact) mass is 364 g/mol. The molecule has 4 rings (SSSR count). The molecule has 0 atom stereocenters. The van der Waals surface area contributed by atoms with E-state index < -0.39 is 5.97 Å². The molecule has 2 heterocycles. The van der Waals surface area contributed by atoms with E-state index in [1.54, 1.807) is 0 Å². The third-order valence-corrected chi connectivity index (χ3v) is 5.42. The van der Waals surface area contributed by atoms with Gasteiger partial charge in [-0.05, 0) is 53.3 Å². The molecule has 2 aromatic carbocycles. The van der Waals surface area contributed by atoms with Crippen molar-refractivity contribution in [2.24, 2.45) is 5.92 Å². The van der Waals surface area contributed by atoms with Gasteiger partial charge in [-0.25, -0.2) is 0 Å². The first-order chi connectivity index (χ1) is 13.0. The number of aromatic nitrogens is 1. The van der Waals surface area contributed by atoms with E-state index in [0.717, 1.165) is 39.9 Å². The summed E-state index contributed by atoms with van der Waals surface area (Å²) >= 11 is 0. The van der Waals surface area contributed by atoms with Crippen molar-refractivity contribution in [3.05, 3.63) is 47.7 Å². The number of aliphatic carboxylic acids is 1. The molecule has 5 heteroatoms. The zero-order valence-corrected chi connectivity index (χ0v) is 15.9. The fourth-order valence-electron chi connectivity index (χ4n) is 3.67. The van der Waals surface area contributed by atoms with Gasteiger partial charge < -0.3 is 14.5 Å². The summed E-state index contributed by atoms with van der Waals surface area (Å²) in [6, 6.07) is 12.6. The summed E-state index contributed by atoms with van der Waals surface area (Å²) in [4.78, 5) is 13.2. The normalized spacial score (nSPS) is 14.7. The maximum absolute atomic E-state index is 11.1. The summed E-state index contributed by atoms with van der Waals surface area (Å²) in [5.41, 5.74) is 6.31. The molecule has 140 valence electrons. The van der Waals surface area contributed by atoms with Crippen LogP contribution in [-0.2, 0) is 11.2 Å². The zero-order valence-electron chi connectivity index (χ0n) is 15.9. The molecular weight excluding hydrogens is 340 g/mol. The van der Waals surface area contributed by atoms with E-state index in [4.69, 9.17) is 9.63 Å². The van der Waals surface area contributed by atoms with Crippen LogP contribution < -0.4 is 4.90 Å². The van der Waals surface area contributed by atoms with E-state index in [1.165, 1.54) is 5.56 Å². The van der Waals surface area contributed by atoms with Gasteiger partial charge in [0.2, 0.25) is 0 Å². The Morgan fingerprint density at radius 3 is 2.74 bits per heavy atom. The quantitative estimate of drug-likeness (QED) is 0.711. The second-order valence-corrected chi connectivity index (χ2v) is 7.57. The van der Waals surface area contributed by atoms with Crippen LogP contribution in [0.4, 0.5) is 5.69 Å². The Kier molecular flexibility index (Phi) is 4.38. The zero-order chi connectivity index (χ0) is 19.1. The molecular formula is C22H24N2O3. The maximum Gasteiger partial charge on any atom is 0.310 e. The molecule has 0 unspecified atom stereocenters. The van der Waals surface area contributed by atoms with Crippen molar-refractivity contribution in [2.45, 2.75) is 33.1 Å². The average molecular weight is 364 g/mol. The molecule has 0 spiro atoms. The molecule has 0 radical (unpaired) electrons. The van der Waals surface area contributed by atoms with Crippen molar-refractivity contribution in [2.75, 3.05) is 18.0 Å². The van der Waals surface area contributed by atoms with Crippen LogP contribution in [0.25, 0.3) is 22.1 Å². The molecule has 3 aromatic rings. The lowest BCUT2D eigenvalue weighted by molar-refractivity contribution is -0.142. The number of aryl methyl sites for hydroxylation is 1. The highest BCUT2D eigenvalue weighted by Gasteiger charge is 2.32. The minimum atomic E-state index is -0.717. The third kappa shape index (κ3) is 3.07. The summed E-state index contributed by atoms with van der Waals surface area (Å²) in [6.45, 7) is 7.55. The number of benzene rings is 2. The van der Waals surface area contributed by atoms with Gasteiger partial charge in [-0.15, -0.1) is 0 Å². The molecule has 1 aromatic heterocycles. The van der Waals surface area contributed by atoms with Gasteiger partial charge in [-0.3, -0.25) is 4.79 Å². The summed E-state index contributed by atoms with van der Waals surface area (Å²) in [5.74, 6) is -0.599. The predicted octanol–water partition coefficient (Wildman–Crippen LogP) is 4.70. The molecule has 0 aliphatic carbocycles. The lowest BCUT2D eigenvalue weighted by Gasteiger charge is -2.38. The molecule has 1 aliphatic rings. The predicted molar refractivity (Wildman–Crippen MR) is 106 cm³/mol. The Morgan fingerprint density at radius 2 is 2.07 bits per heavy atom. The smallest absolute Gasteiger partial charge is 0.310 e. The molecule has 0 bridgehead atoms. The molecule has 1 aliphatic heterocycles. The average Bonchev–Trinajstić information content (AvgIpc) is 3.02. The van der Waals surface area contributed by atoms with Gasteiger partial charge in [-0.2, -0.15) is 0 Å². The highest BCUT2D eigenvalue weighted by molar-refractivity contribution is 5.97. The number of carboxylic acid groups (broad SMARTS) is 1. The van der Waals surface area contributed by atoms with Crippen molar-refractivity contribution in [3.8, 4) is 11.1 Å². The SMILES string of the molecule is CCc1noc2cc(C(C)C)cc(-c3cccc(N4CC(C(=O)O)C4)c3)c12. The molecule has 0 saturated carbocycles. The number of carbonyl (C=O) groups is 1. The van der Waals surface area contributed by atoms with Crippen LogP contribution >= 0.6 is 0 Å². The summed E-state index contributed by atoms with van der Waals surface area (Å²) in [5, 5.41) is 14.5. The standard InChI is InChI=1S/C22H24N2O3/c1-4-19-21-18(9-15(13(2)3)10-20(21)27-23-19)14-6-5-7-17(8-14)24-11-16(12-24)22(25)26/h5-10,13,16H,4,11-12H2,1-3H3,(H,25,26). The van der Waals surface area contributed by atoms with E-state index in [-0.39, 0.29) is 5.92 Å². The third-order valence-electron chi connectivity index (χ3n) is 5.42. The summed E-state index contributed by atoms with van der Waals surface area (Å²) in [7, 11) is 0. The number of carboxylic acids is 1. The fraction of sp³-hybridized carbons (Fsp3) is 0.364. The van der Waals surface area contributed by atoms with Crippen molar-refractivity contribution >= 4 is 22.6 Å². The first-order valence-corrected chi connectivity index (χ1v) is 9.48. The van der Waals surface area contributed by atoms with Gasteiger partial charge >= 0.3 is 5.97 Å². The summed E-state index contributed by atoms with van der Waals surface area (Å²) in [6.07, 6.45) is 0.813. The first-order valence-electron chi connectivity index (χ1n) is 9.48. The van der Waals surface area contributed by atoms with Gasteiger partial charge in [0.05, 0.1) is 17.0 Å². The van der Waals surface area contributed by atoms with Gasteiger partial charge in [0.1, 0.15) is 0 Å². The minimum Gasteiger partial charge on any atom is -0.481 e. The van der Waals surface area contributed by atoms with E-state index in [9.17, 15) is 4.79 Å². The van der Waals surface area contributed by atoms with Crippen LogP contribution in [0, 0.1) is 5.92 Å². The van der Waals surface area contributed by atoms with Crippen LogP contribution in [0.1, 0.15) is 37.9 Å². The van der Waals surface area contributed by atoms with Crippen molar-refractivity contribution in [1.29, 1.82) is 0 Å². The lowest BCUT2D eigenvalue weighted by atomic mass is 9.92. The van der Waals surface area contributed by atoms with Crippen LogP contribution in [-0.4, -0.2) is 29.3 Å². The van der Waals surface area contributed by atoms with Gasteiger partial charge in [0.15, 0.2) is 5.58 Å². The molecule has 5 nitrogen and oxygen atoms in total. The molecule has 0 amide bonds. The Labute approximate surface area is 158 Å². The highest BCUT2D eigenvalue weighted by Crippen LogP contribution is 2.37. The maximum atomic E-state index is 11.1. The number of nitrogens with zero attached hydrogens (tertiary/aromatic N) is 2. The van der Waals surface area contributed by atoms with Crippen LogP contribution in [0.5, 0.6) is 0 Å². The van der Waals surface area contributed by atoms with E-state index in [1.807, 2.05) is 12.1 Å². The minimum absolute atomic E-state index is 0.269. The molecule has 1 fully saturated rings. The summed E-state index contributed by atoms with van der Waals surface area (Å²) < 4.78 is 5.62. The van der Waals surface area contributed by atoms with Crippen molar-refractivity contribution in [3.63, 3.8) is 0 Å². The number of hydrogen-bond acceptors (Lipinski definition) is 4. The molecule has 1 N–H and O–H groups in total. The van der Waals surface area contributed by atoms with E-state index in [2.05, 4.69) is 55.1 Å². The van der Waals surface area contributed by atoms with Crippen LogP contribution in [0.2, 0.25) is 0 Å². The second-order valence-electron chi connectivity index (χ2n) is 7.57.